The molecule has 1 aliphatic rings. The second-order valence-corrected chi connectivity index (χ2v) is 6.59. The van der Waals surface area contributed by atoms with E-state index in [1.54, 1.807) is 0 Å². The Kier molecular flexibility index (Phi) is 4.79. The topological polar surface area (TPSA) is 48.8 Å². The molecule has 6 heteroatoms. The average Bonchev–Trinajstić information content (AvgIpc) is 3.07. The minimum absolute atomic E-state index is 0.0251. The predicted octanol–water partition coefficient (Wildman–Crippen LogP) is 1.69. The molecule has 2 heterocycles. The molecule has 0 bridgehead atoms. The largest absolute Gasteiger partial charge is 0.378 e. The van der Waals surface area contributed by atoms with Crippen molar-refractivity contribution in [1.29, 1.82) is 0 Å². The highest BCUT2D eigenvalue weighted by molar-refractivity contribution is 5.96. The van der Waals surface area contributed by atoms with E-state index in [9.17, 15) is 9.59 Å². The molecule has 1 aromatic heterocycles. The van der Waals surface area contributed by atoms with E-state index < -0.39 is 0 Å². The average molecular weight is 340 g/mol. The van der Waals surface area contributed by atoms with Crippen molar-refractivity contribution in [2.45, 2.75) is 0 Å². The van der Waals surface area contributed by atoms with E-state index in [-0.39, 0.29) is 11.8 Å². The second-order valence-electron chi connectivity index (χ2n) is 6.59. The maximum absolute atomic E-state index is 12.6. The van der Waals surface area contributed by atoms with Crippen LogP contribution in [0.1, 0.15) is 20.7 Å². The van der Waals surface area contributed by atoms with Gasteiger partial charge in [0.2, 0.25) is 0 Å². The van der Waals surface area contributed by atoms with E-state index in [1.165, 1.54) is 0 Å². The summed E-state index contributed by atoms with van der Waals surface area (Å²) in [6, 6.07) is 9.44. The first-order valence-electron chi connectivity index (χ1n) is 8.43. The molecule has 0 unspecified atom stereocenters. The molecule has 2 aromatic rings. The fourth-order valence-corrected chi connectivity index (χ4v) is 3.01. The van der Waals surface area contributed by atoms with Crippen molar-refractivity contribution in [1.82, 2.24) is 14.4 Å². The van der Waals surface area contributed by atoms with E-state index in [0.717, 1.165) is 5.69 Å². The Hall–Kier alpha value is -2.76. The van der Waals surface area contributed by atoms with Gasteiger partial charge in [-0.05, 0) is 30.3 Å². The fraction of sp³-hybridized carbons (Fsp3) is 0.368. The summed E-state index contributed by atoms with van der Waals surface area (Å²) in [6.07, 6.45) is 3.69. The Labute approximate surface area is 148 Å². The molecule has 0 spiro atoms. The van der Waals surface area contributed by atoms with Crippen molar-refractivity contribution in [3.8, 4) is 0 Å². The number of hydrogen-bond donors (Lipinski definition) is 0. The number of amides is 2. The number of aromatic nitrogens is 1. The van der Waals surface area contributed by atoms with Gasteiger partial charge in [-0.15, -0.1) is 0 Å². The standard InChI is InChI=1S/C19H24N4O2/c1-20(2)17-6-4-15(5-7-17)18(24)22-10-12-23(13-11-22)19(25)16-8-9-21(3)14-16/h4-9,14H,10-13H2,1-3H3. The van der Waals surface area contributed by atoms with Crippen LogP contribution in [0, 0.1) is 0 Å². The normalized spacial score (nSPS) is 14.5. The molecule has 132 valence electrons. The highest BCUT2D eigenvalue weighted by atomic mass is 16.2. The van der Waals surface area contributed by atoms with Crippen LogP contribution in [0.15, 0.2) is 42.7 Å². The van der Waals surface area contributed by atoms with Crippen LogP contribution in [0.4, 0.5) is 5.69 Å². The Balaban J connectivity index is 1.59. The summed E-state index contributed by atoms with van der Waals surface area (Å²) in [6.45, 7) is 2.25. The SMILES string of the molecule is CN(C)c1ccc(C(=O)N2CCN(C(=O)c3ccn(C)c3)CC2)cc1. The molecule has 0 N–H and O–H groups in total. The van der Waals surface area contributed by atoms with E-state index in [4.69, 9.17) is 0 Å². The van der Waals surface area contributed by atoms with Crippen molar-refractivity contribution in [2.24, 2.45) is 7.05 Å². The second kappa shape index (κ2) is 7.01. The third kappa shape index (κ3) is 3.68. The Bertz CT molecular complexity index is 756. The first kappa shape index (κ1) is 17.1. The Morgan fingerprint density at radius 3 is 1.80 bits per heavy atom. The molecule has 3 rings (SSSR count). The number of benzene rings is 1. The zero-order chi connectivity index (χ0) is 18.0. The van der Waals surface area contributed by atoms with Gasteiger partial charge in [-0.2, -0.15) is 0 Å². The lowest BCUT2D eigenvalue weighted by molar-refractivity contribution is 0.0535. The van der Waals surface area contributed by atoms with Gasteiger partial charge in [0.1, 0.15) is 0 Å². The molecular weight excluding hydrogens is 316 g/mol. The maximum atomic E-state index is 12.6. The molecule has 0 radical (unpaired) electrons. The summed E-state index contributed by atoms with van der Waals surface area (Å²) in [7, 11) is 5.84. The highest BCUT2D eigenvalue weighted by Gasteiger charge is 2.25. The van der Waals surface area contributed by atoms with Crippen molar-refractivity contribution >= 4 is 17.5 Å². The molecule has 1 fully saturated rings. The number of nitrogens with zero attached hydrogens (tertiary/aromatic N) is 4. The van der Waals surface area contributed by atoms with Gasteiger partial charge in [-0.1, -0.05) is 0 Å². The first-order valence-corrected chi connectivity index (χ1v) is 8.43. The number of hydrogen-bond acceptors (Lipinski definition) is 3. The molecule has 0 aliphatic carbocycles. The third-order valence-corrected chi connectivity index (χ3v) is 4.56. The predicted molar refractivity (Wildman–Crippen MR) is 98.0 cm³/mol. The van der Waals surface area contributed by atoms with Crippen LogP contribution in [-0.4, -0.2) is 66.5 Å². The minimum Gasteiger partial charge on any atom is -0.378 e. The van der Waals surface area contributed by atoms with Crippen LogP contribution in [0.5, 0.6) is 0 Å². The van der Waals surface area contributed by atoms with Crippen LogP contribution < -0.4 is 4.90 Å². The van der Waals surface area contributed by atoms with E-state index >= 15 is 0 Å². The minimum atomic E-state index is 0.0251. The van der Waals surface area contributed by atoms with Crippen molar-refractivity contribution < 1.29 is 9.59 Å². The molecule has 1 saturated heterocycles. The molecule has 25 heavy (non-hydrogen) atoms. The maximum Gasteiger partial charge on any atom is 0.255 e. The van der Waals surface area contributed by atoms with Crippen LogP contribution in [0.25, 0.3) is 0 Å². The van der Waals surface area contributed by atoms with Crippen molar-refractivity contribution in [3.05, 3.63) is 53.9 Å². The number of piperazine rings is 1. The van der Waals surface area contributed by atoms with Crippen LogP contribution in [-0.2, 0) is 7.05 Å². The summed E-state index contributed by atoms with van der Waals surface area (Å²) in [4.78, 5) is 30.7. The Morgan fingerprint density at radius 1 is 0.840 bits per heavy atom. The third-order valence-electron chi connectivity index (χ3n) is 4.56. The van der Waals surface area contributed by atoms with Crippen molar-refractivity contribution in [2.75, 3.05) is 45.2 Å². The zero-order valence-corrected chi connectivity index (χ0v) is 15.0. The number of aryl methyl sites for hydroxylation is 1. The lowest BCUT2D eigenvalue weighted by Gasteiger charge is -2.34. The van der Waals surface area contributed by atoms with Gasteiger partial charge in [-0.25, -0.2) is 0 Å². The lowest BCUT2D eigenvalue weighted by atomic mass is 10.1. The number of carbonyl (C=O) groups is 2. The summed E-state index contributed by atoms with van der Waals surface area (Å²) in [5.41, 5.74) is 2.45. The first-order chi connectivity index (χ1) is 12.0. The zero-order valence-electron chi connectivity index (χ0n) is 15.0. The molecule has 1 aliphatic heterocycles. The lowest BCUT2D eigenvalue weighted by Crippen LogP contribution is -2.50. The monoisotopic (exact) mass is 340 g/mol. The van der Waals surface area contributed by atoms with E-state index in [0.29, 0.717) is 37.3 Å². The summed E-state index contributed by atoms with van der Waals surface area (Å²) < 4.78 is 1.87. The fourth-order valence-electron chi connectivity index (χ4n) is 3.01. The summed E-state index contributed by atoms with van der Waals surface area (Å²) in [5.74, 6) is 0.0557. The number of carbonyl (C=O) groups excluding carboxylic acids is 2. The van der Waals surface area contributed by atoms with Gasteiger partial charge in [0.05, 0.1) is 5.56 Å². The van der Waals surface area contributed by atoms with Crippen molar-refractivity contribution in [3.63, 3.8) is 0 Å². The number of rotatable bonds is 3. The van der Waals surface area contributed by atoms with Gasteiger partial charge < -0.3 is 19.3 Å². The molecule has 2 amide bonds. The molecule has 0 saturated carbocycles. The smallest absolute Gasteiger partial charge is 0.255 e. The van der Waals surface area contributed by atoms with Gasteiger partial charge in [0, 0.05) is 71.0 Å². The summed E-state index contributed by atoms with van der Waals surface area (Å²) in [5, 5.41) is 0. The van der Waals surface area contributed by atoms with Crippen LogP contribution in [0.3, 0.4) is 0 Å². The quantitative estimate of drug-likeness (QED) is 0.854. The summed E-state index contributed by atoms with van der Waals surface area (Å²) >= 11 is 0. The molecule has 1 aromatic carbocycles. The highest BCUT2D eigenvalue weighted by Crippen LogP contribution is 2.15. The van der Waals surface area contributed by atoms with Gasteiger partial charge in [0.25, 0.3) is 11.8 Å². The van der Waals surface area contributed by atoms with Gasteiger partial charge in [-0.3, -0.25) is 9.59 Å². The molecule has 0 atom stereocenters. The van der Waals surface area contributed by atoms with E-state index in [2.05, 4.69) is 0 Å². The van der Waals surface area contributed by atoms with Crippen LogP contribution >= 0.6 is 0 Å². The van der Waals surface area contributed by atoms with Gasteiger partial charge in [0.15, 0.2) is 0 Å². The molecule has 6 nitrogen and oxygen atoms in total. The van der Waals surface area contributed by atoms with Crippen LogP contribution in [0.2, 0.25) is 0 Å². The Morgan fingerprint density at radius 2 is 1.36 bits per heavy atom. The number of anilines is 1. The van der Waals surface area contributed by atoms with E-state index in [1.807, 2.05) is 83.1 Å². The molecular formula is C19H24N4O2. The van der Waals surface area contributed by atoms with Gasteiger partial charge >= 0.3 is 0 Å².